The summed E-state index contributed by atoms with van der Waals surface area (Å²) in [7, 11) is 0. The Morgan fingerprint density at radius 2 is 1.14 bits per heavy atom. The van der Waals surface area contributed by atoms with Gasteiger partial charge in [0.05, 0.1) is 28.6 Å². The Morgan fingerprint density at radius 3 is 1.61 bits per heavy atom. The summed E-state index contributed by atoms with van der Waals surface area (Å²) < 4.78 is 212. The summed E-state index contributed by atoms with van der Waals surface area (Å²) in [6.07, 6.45) is -32.8. The second-order valence-electron chi connectivity index (χ2n) is 27.8. The fourth-order valence-electron chi connectivity index (χ4n) is 13.0. The van der Waals surface area contributed by atoms with Gasteiger partial charge in [-0.15, -0.1) is 0 Å². The predicted octanol–water partition coefficient (Wildman–Crippen LogP) is 12.4. The monoisotopic (exact) mass is 1290 g/mol. The Hall–Kier alpha value is -5.74. The third-order valence-corrected chi connectivity index (χ3v) is 16.9. The number of aliphatic carboxylic acids is 1. The van der Waals surface area contributed by atoms with Crippen molar-refractivity contribution >= 4 is 54.1 Å². The standard InChI is InChI=1S/C58H81F11O19/c1-16-52(13,45(77)82-32-23-30(54(15,56(61,62)63)87-46(78)85-49(5,6)7)22-31(24-32)55(57(64,65)66,58(67,68)69)88-47(79)86-50(8,9)10)40-39(42(74)83-43(40)75)38-29-20-33(35(21-29)41(73)84-48(2,3)4)34(38)19-28(17-18-36(70)71)25-51(11,12)44(76)80-26-37(72)81-27-53(14,59)60/h28-35,38-40H,16-27H2,1-15H3,(H,70,71). The summed E-state index contributed by atoms with van der Waals surface area (Å²) >= 11 is 0. The quantitative estimate of drug-likeness (QED) is 0.0457. The van der Waals surface area contributed by atoms with Crippen LogP contribution in [0.1, 0.15) is 168 Å². The molecule has 1 aliphatic heterocycles. The molecule has 1 N–H and O–H groups in total. The normalized spacial score (nSPS) is 26.6. The lowest BCUT2D eigenvalue weighted by atomic mass is 9.59. The molecule has 3 saturated carbocycles. The SMILES string of the molecule is CCC(C)(C(=O)OC1CC(C(C)(OC(=O)OC(C)(C)C)C(F)(F)F)CC(C(OC(=O)OC(C)(C)C)(C(F)(F)F)C(F)(F)F)C1)C1C(=O)OC(=O)C1C1C2CC(C(=O)OC(C)(C)C)C(C2)C1CC(CCC(=O)O)CC(C)(C)C(=O)OCC(=O)OCC(C)(F)F. The van der Waals surface area contributed by atoms with Gasteiger partial charge in [-0.25, -0.2) is 23.2 Å². The molecule has 0 aromatic carbocycles. The zero-order chi connectivity index (χ0) is 67.9. The molecule has 0 aromatic heterocycles. The molecular formula is C58H81F11O19. The van der Waals surface area contributed by atoms with E-state index in [9.17, 15) is 52.2 Å². The molecule has 1 heterocycles. The van der Waals surface area contributed by atoms with Gasteiger partial charge in [0.1, 0.15) is 22.9 Å². The molecule has 0 aromatic rings. The van der Waals surface area contributed by atoms with E-state index in [1.54, 1.807) is 20.8 Å². The lowest BCUT2D eigenvalue weighted by Crippen LogP contribution is -2.67. The first kappa shape index (κ1) is 74.7. The van der Waals surface area contributed by atoms with Crippen molar-refractivity contribution in [2.45, 2.75) is 227 Å². The second-order valence-corrected chi connectivity index (χ2v) is 27.8. The molecule has 4 aliphatic rings. The molecule has 19 nitrogen and oxygen atoms in total. The zero-order valence-corrected chi connectivity index (χ0v) is 51.8. The highest BCUT2D eigenvalue weighted by molar-refractivity contribution is 6.00. The molecule has 0 radical (unpaired) electrons. The van der Waals surface area contributed by atoms with Gasteiger partial charge in [0, 0.05) is 25.2 Å². The van der Waals surface area contributed by atoms with Gasteiger partial charge < -0.3 is 47.7 Å². The van der Waals surface area contributed by atoms with E-state index in [1.165, 1.54) is 41.5 Å². The van der Waals surface area contributed by atoms with Gasteiger partial charge in [-0.2, -0.15) is 39.5 Å². The number of carboxylic acid groups (broad SMARTS) is 1. The van der Waals surface area contributed by atoms with E-state index in [2.05, 4.69) is 14.2 Å². The van der Waals surface area contributed by atoms with E-state index in [0.29, 0.717) is 6.92 Å². The molecule has 0 amide bonds. The molecule has 3 aliphatic carbocycles. The Balaban J connectivity index is 1.89. The first-order valence-electron chi connectivity index (χ1n) is 28.7. The predicted molar refractivity (Wildman–Crippen MR) is 280 cm³/mol. The number of cyclic esters (lactones) is 2. The van der Waals surface area contributed by atoms with Gasteiger partial charge >= 0.3 is 78.2 Å². The molecule has 88 heavy (non-hydrogen) atoms. The van der Waals surface area contributed by atoms with Crippen LogP contribution in [-0.4, -0.2) is 131 Å². The van der Waals surface area contributed by atoms with Crippen LogP contribution in [-0.2, 0) is 76.2 Å². The first-order valence-corrected chi connectivity index (χ1v) is 28.7. The number of rotatable bonds is 22. The van der Waals surface area contributed by atoms with Gasteiger partial charge in [0.2, 0.25) is 5.60 Å². The molecule has 13 atom stereocenters. The van der Waals surface area contributed by atoms with E-state index in [-0.39, 0.29) is 39.0 Å². The van der Waals surface area contributed by atoms with Crippen LogP contribution in [0.5, 0.6) is 0 Å². The van der Waals surface area contributed by atoms with Gasteiger partial charge in [0.25, 0.3) is 5.92 Å². The summed E-state index contributed by atoms with van der Waals surface area (Å²) in [6, 6.07) is 0. The number of esters is 6. The topological polar surface area (TPSA) is 257 Å². The van der Waals surface area contributed by atoms with E-state index in [0.717, 1.165) is 27.7 Å². The number of alkyl halides is 11. The number of carbonyl (C=O) groups is 9. The fraction of sp³-hybridized carbons (Fsp3) is 0.845. The molecule has 2 bridgehead atoms. The maximum absolute atomic E-state index is 15.6. The van der Waals surface area contributed by atoms with Crippen molar-refractivity contribution in [1.82, 2.24) is 0 Å². The van der Waals surface area contributed by atoms with Crippen LogP contribution in [0, 0.1) is 70.0 Å². The van der Waals surface area contributed by atoms with Crippen molar-refractivity contribution in [3.8, 4) is 0 Å². The van der Waals surface area contributed by atoms with Crippen LogP contribution in [0.2, 0.25) is 0 Å². The van der Waals surface area contributed by atoms with Crippen molar-refractivity contribution in [1.29, 1.82) is 0 Å². The highest BCUT2D eigenvalue weighted by Gasteiger charge is 2.79. The minimum absolute atomic E-state index is 0.00385. The number of hydrogen-bond acceptors (Lipinski definition) is 18. The maximum Gasteiger partial charge on any atom is 0.510 e. The van der Waals surface area contributed by atoms with Crippen LogP contribution >= 0.6 is 0 Å². The molecule has 504 valence electrons. The lowest BCUT2D eigenvalue weighted by molar-refractivity contribution is -0.392. The number of carboxylic acids is 1. The van der Waals surface area contributed by atoms with Crippen LogP contribution < -0.4 is 0 Å². The maximum atomic E-state index is 15.6. The van der Waals surface area contributed by atoms with Crippen molar-refractivity contribution in [2.24, 2.45) is 70.0 Å². The van der Waals surface area contributed by atoms with Crippen LogP contribution in [0.25, 0.3) is 0 Å². The van der Waals surface area contributed by atoms with Crippen molar-refractivity contribution in [2.75, 3.05) is 13.2 Å². The second kappa shape index (κ2) is 26.2. The van der Waals surface area contributed by atoms with Crippen molar-refractivity contribution < 1.29 is 139 Å². The van der Waals surface area contributed by atoms with Crippen LogP contribution in [0.4, 0.5) is 57.9 Å². The van der Waals surface area contributed by atoms with E-state index >= 15 is 44.3 Å². The minimum Gasteiger partial charge on any atom is -0.481 e. The smallest absolute Gasteiger partial charge is 0.481 e. The Kier molecular flexibility index (Phi) is 22.3. The van der Waals surface area contributed by atoms with Gasteiger partial charge in [0.15, 0.2) is 13.2 Å². The summed E-state index contributed by atoms with van der Waals surface area (Å²) in [4.78, 5) is 122. The van der Waals surface area contributed by atoms with Gasteiger partial charge in [-0.05, 0) is 177 Å². The number of hydrogen-bond donors (Lipinski definition) is 1. The lowest BCUT2D eigenvalue weighted by Gasteiger charge is -2.49. The molecule has 0 spiro atoms. The Morgan fingerprint density at radius 1 is 0.614 bits per heavy atom. The average Bonchev–Trinajstić information content (AvgIpc) is 1.24. The molecule has 30 heteroatoms. The molecular weight excluding hydrogens is 1210 g/mol. The average molecular weight is 1290 g/mol. The highest BCUT2D eigenvalue weighted by Crippen LogP contribution is 2.64. The number of halogens is 11. The first-order chi connectivity index (χ1) is 39.5. The van der Waals surface area contributed by atoms with Crippen LogP contribution in [0.15, 0.2) is 0 Å². The summed E-state index contributed by atoms with van der Waals surface area (Å²) in [5.41, 5.74) is -18.3. The largest absolute Gasteiger partial charge is 0.510 e. The number of fused-ring (bicyclic) bond motifs is 2. The number of ether oxygens (including phenoxy) is 9. The van der Waals surface area contributed by atoms with Gasteiger partial charge in [-0.1, -0.05) is 6.92 Å². The Labute approximate surface area is 502 Å². The van der Waals surface area contributed by atoms with E-state index in [4.69, 9.17) is 28.4 Å². The van der Waals surface area contributed by atoms with Crippen LogP contribution in [0.3, 0.4) is 0 Å². The zero-order valence-electron chi connectivity index (χ0n) is 51.8. The molecule has 13 unspecified atom stereocenters. The summed E-state index contributed by atoms with van der Waals surface area (Å²) in [5, 5.41) is 9.88. The molecule has 1 saturated heterocycles. The van der Waals surface area contributed by atoms with Crippen molar-refractivity contribution in [3.05, 3.63) is 0 Å². The molecule has 4 fully saturated rings. The summed E-state index contributed by atoms with van der Waals surface area (Å²) in [6.45, 7) is 14.7. The third kappa shape index (κ3) is 17.8. The number of carbonyl (C=O) groups excluding carboxylic acids is 8. The Bertz CT molecular complexity index is 2580. The van der Waals surface area contributed by atoms with Crippen molar-refractivity contribution in [3.63, 3.8) is 0 Å². The summed E-state index contributed by atoms with van der Waals surface area (Å²) in [5.74, 6) is -27.1. The van der Waals surface area contributed by atoms with Gasteiger partial charge in [-0.3, -0.25) is 28.8 Å². The van der Waals surface area contributed by atoms with E-state index < -0.39 is 228 Å². The minimum atomic E-state index is -6.73. The van der Waals surface area contributed by atoms with E-state index in [1.807, 2.05) is 0 Å². The molecule has 4 rings (SSSR count). The third-order valence-electron chi connectivity index (χ3n) is 16.9. The fourth-order valence-corrected chi connectivity index (χ4v) is 13.0. The highest BCUT2D eigenvalue weighted by atomic mass is 19.4.